The molecule has 19 heavy (non-hydrogen) atoms. The number of nitrogens with zero attached hydrogens (tertiary/aromatic N) is 2. The fourth-order valence-corrected chi connectivity index (χ4v) is 3.00. The first-order valence-electron chi connectivity index (χ1n) is 7.06. The lowest BCUT2D eigenvalue weighted by Gasteiger charge is -2.29. The number of aromatic nitrogens is 1. The minimum absolute atomic E-state index is 0.0336. The molecule has 2 rings (SSSR count). The summed E-state index contributed by atoms with van der Waals surface area (Å²) in [6, 6.07) is 2.10. The quantitative estimate of drug-likeness (QED) is 0.825. The van der Waals surface area contributed by atoms with Crippen molar-refractivity contribution in [3.8, 4) is 0 Å². The van der Waals surface area contributed by atoms with Crippen molar-refractivity contribution >= 4 is 17.5 Å². The maximum atomic E-state index is 12.7. The summed E-state index contributed by atoms with van der Waals surface area (Å²) in [5.74, 6) is 0.0336. The van der Waals surface area contributed by atoms with E-state index in [1.54, 1.807) is 12.3 Å². The Morgan fingerprint density at radius 3 is 2.95 bits per heavy atom. The summed E-state index contributed by atoms with van der Waals surface area (Å²) >= 11 is 6.19. The van der Waals surface area contributed by atoms with Crippen LogP contribution in [0.5, 0.6) is 0 Å². The maximum absolute atomic E-state index is 12.7. The fraction of sp³-hybridized carbons (Fsp3) is 0.600. The number of carbonyl (C=O) groups excluding carboxylic acids is 1. The topological polar surface area (TPSA) is 33.2 Å². The van der Waals surface area contributed by atoms with Crippen molar-refractivity contribution in [2.24, 2.45) is 0 Å². The van der Waals surface area contributed by atoms with Gasteiger partial charge in [0.05, 0.1) is 10.6 Å². The van der Waals surface area contributed by atoms with Crippen molar-refractivity contribution in [3.05, 3.63) is 28.5 Å². The van der Waals surface area contributed by atoms with Crippen molar-refractivity contribution in [3.63, 3.8) is 0 Å². The van der Waals surface area contributed by atoms with Crippen LogP contribution in [0.1, 0.15) is 55.1 Å². The number of amides is 1. The Morgan fingerprint density at radius 1 is 1.47 bits per heavy atom. The molecule has 1 aromatic rings. The minimum Gasteiger partial charge on any atom is -0.336 e. The number of pyridine rings is 1. The van der Waals surface area contributed by atoms with Crippen molar-refractivity contribution in [2.75, 3.05) is 6.54 Å². The summed E-state index contributed by atoms with van der Waals surface area (Å²) < 4.78 is 0. The van der Waals surface area contributed by atoms with E-state index in [0.29, 0.717) is 16.6 Å². The summed E-state index contributed by atoms with van der Waals surface area (Å²) in [6.07, 6.45) is 7.21. The molecule has 1 aliphatic rings. The van der Waals surface area contributed by atoms with E-state index in [0.717, 1.165) is 31.5 Å². The van der Waals surface area contributed by atoms with Gasteiger partial charge in [0.1, 0.15) is 0 Å². The molecule has 0 radical (unpaired) electrons. The standard InChI is InChI=1S/C15H21ClN2O/c1-3-12-7-5-4-6-8-18(12)15(19)13-10-17-11(2)9-14(13)16/h9-10,12H,3-8H2,1-2H3. The molecule has 0 aliphatic carbocycles. The van der Waals surface area contributed by atoms with Gasteiger partial charge in [-0.1, -0.05) is 31.4 Å². The van der Waals surface area contributed by atoms with Crippen molar-refractivity contribution in [2.45, 2.75) is 52.0 Å². The van der Waals surface area contributed by atoms with E-state index in [9.17, 15) is 4.79 Å². The van der Waals surface area contributed by atoms with Gasteiger partial charge in [0.25, 0.3) is 5.91 Å². The first-order valence-corrected chi connectivity index (χ1v) is 7.44. The zero-order valence-electron chi connectivity index (χ0n) is 11.7. The number of hydrogen-bond donors (Lipinski definition) is 0. The van der Waals surface area contributed by atoms with E-state index in [4.69, 9.17) is 11.6 Å². The van der Waals surface area contributed by atoms with Gasteiger partial charge in [-0.05, 0) is 32.3 Å². The van der Waals surface area contributed by atoms with Gasteiger partial charge in [0.2, 0.25) is 0 Å². The highest BCUT2D eigenvalue weighted by atomic mass is 35.5. The van der Waals surface area contributed by atoms with E-state index in [2.05, 4.69) is 11.9 Å². The van der Waals surface area contributed by atoms with Gasteiger partial charge in [-0.3, -0.25) is 9.78 Å². The molecule has 0 N–H and O–H groups in total. The Labute approximate surface area is 120 Å². The van der Waals surface area contributed by atoms with Crippen LogP contribution in [0.3, 0.4) is 0 Å². The second-order valence-electron chi connectivity index (χ2n) is 5.22. The molecule has 1 unspecified atom stereocenters. The van der Waals surface area contributed by atoms with Crippen molar-refractivity contribution in [1.82, 2.24) is 9.88 Å². The van der Waals surface area contributed by atoms with Crippen molar-refractivity contribution in [1.29, 1.82) is 0 Å². The van der Waals surface area contributed by atoms with Gasteiger partial charge < -0.3 is 4.90 Å². The average Bonchev–Trinajstić information content (AvgIpc) is 2.63. The Morgan fingerprint density at radius 2 is 2.26 bits per heavy atom. The van der Waals surface area contributed by atoms with Crippen LogP contribution in [0.25, 0.3) is 0 Å². The SMILES string of the molecule is CCC1CCCCCN1C(=O)c1cnc(C)cc1Cl. The van der Waals surface area contributed by atoms with Crippen LogP contribution in [0.15, 0.2) is 12.3 Å². The summed E-state index contributed by atoms with van der Waals surface area (Å²) in [5, 5.41) is 0.511. The van der Waals surface area contributed by atoms with E-state index in [1.807, 2.05) is 11.8 Å². The molecule has 1 aromatic heterocycles. The molecule has 3 nitrogen and oxygen atoms in total. The normalized spacial score (nSPS) is 20.2. The highest BCUT2D eigenvalue weighted by Crippen LogP contribution is 2.24. The number of hydrogen-bond acceptors (Lipinski definition) is 2. The Bertz CT molecular complexity index is 461. The number of likely N-dealkylation sites (tertiary alicyclic amines) is 1. The lowest BCUT2D eigenvalue weighted by Crippen LogP contribution is -2.39. The highest BCUT2D eigenvalue weighted by molar-refractivity contribution is 6.33. The predicted molar refractivity (Wildman–Crippen MR) is 77.6 cm³/mol. The molecule has 4 heteroatoms. The van der Waals surface area contributed by atoms with E-state index in [1.165, 1.54) is 12.8 Å². The van der Waals surface area contributed by atoms with Crippen LogP contribution in [0.2, 0.25) is 5.02 Å². The first kappa shape index (κ1) is 14.3. The minimum atomic E-state index is 0.0336. The van der Waals surface area contributed by atoms with Gasteiger partial charge in [0, 0.05) is 24.5 Å². The molecular weight excluding hydrogens is 260 g/mol. The lowest BCUT2D eigenvalue weighted by molar-refractivity contribution is 0.0678. The zero-order chi connectivity index (χ0) is 13.8. The average molecular weight is 281 g/mol. The van der Waals surface area contributed by atoms with E-state index in [-0.39, 0.29) is 5.91 Å². The Balaban J connectivity index is 2.25. The van der Waals surface area contributed by atoms with Crippen LogP contribution >= 0.6 is 11.6 Å². The first-order chi connectivity index (χ1) is 9.13. The summed E-state index contributed by atoms with van der Waals surface area (Å²) in [7, 11) is 0. The molecule has 0 bridgehead atoms. The van der Waals surface area contributed by atoms with Crippen LogP contribution in [-0.4, -0.2) is 28.4 Å². The smallest absolute Gasteiger partial charge is 0.257 e. The fourth-order valence-electron chi connectivity index (χ4n) is 2.71. The molecule has 0 saturated carbocycles. The molecule has 104 valence electrons. The summed E-state index contributed by atoms with van der Waals surface area (Å²) in [5.41, 5.74) is 1.37. The zero-order valence-corrected chi connectivity index (χ0v) is 12.4. The van der Waals surface area contributed by atoms with Gasteiger partial charge in [0.15, 0.2) is 0 Å². The second-order valence-corrected chi connectivity index (χ2v) is 5.62. The summed E-state index contributed by atoms with van der Waals surface area (Å²) in [6.45, 7) is 4.85. The Kier molecular flexibility index (Phi) is 4.81. The molecule has 1 atom stereocenters. The lowest BCUT2D eigenvalue weighted by atomic mass is 10.1. The molecule has 1 aliphatic heterocycles. The third kappa shape index (κ3) is 3.27. The van der Waals surface area contributed by atoms with Crippen LogP contribution in [0.4, 0.5) is 0 Å². The van der Waals surface area contributed by atoms with Gasteiger partial charge in [-0.15, -0.1) is 0 Å². The monoisotopic (exact) mass is 280 g/mol. The van der Waals surface area contributed by atoms with E-state index < -0.39 is 0 Å². The molecular formula is C15H21ClN2O. The van der Waals surface area contributed by atoms with Crippen LogP contribution < -0.4 is 0 Å². The molecule has 1 amide bonds. The Hall–Kier alpha value is -1.09. The number of carbonyl (C=O) groups is 1. The highest BCUT2D eigenvalue weighted by Gasteiger charge is 2.26. The van der Waals surface area contributed by atoms with Gasteiger partial charge in [-0.25, -0.2) is 0 Å². The number of aryl methyl sites for hydroxylation is 1. The molecule has 0 aromatic carbocycles. The summed E-state index contributed by atoms with van der Waals surface area (Å²) in [4.78, 5) is 18.8. The largest absolute Gasteiger partial charge is 0.336 e. The number of halogens is 1. The van der Waals surface area contributed by atoms with Gasteiger partial charge in [-0.2, -0.15) is 0 Å². The number of rotatable bonds is 2. The van der Waals surface area contributed by atoms with Crippen molar-refractivity contribution < 1.29 is 4.79 Å². The molecule has 2 heterocycles. The maximum Gasteiger partial charge on any atom is 0.257 e. The van der Waals surface area contributed by atoms with Crippen LogP contribution in [0, 0.1) is 6.92 Å². The third-order valence-corrected chi connectivity index (χ3v) is 4.14. The molecule has 1 fully saturated rings. The molecule has 1 saturated heterocycles. The second kappa shape index (κ2) is 6.38. The molecule has 0 spiro atoms. The van der Waals surface area contributed by atoms with Gasteiger partial charge >= 0.3 is 0 Å². The predicted octanol–water partition coefficient (Wildman–Crippen LogP) is 3.84. The van der Waals surface area contributed by atoms with E-state index >= 15 is 0 Å². The van der Waals surface area contributed by atoms with Crippen LogP contribution in [-0.2, 0) is 0 Å². The third-order valence-electron chi connectivity index (χ3n) is 3.83.